The smallest absolute Gasteiger partial charge is 0.165 e. The summed E-state index contributed by atoms with van der Waals surface area (Å²) in [6.45, 7) is 0. The van der Waals surface area contributed by atoms with Crippen molar-refractivity contribution in [1.82, 2.24) is 43.1 Å². The van der Waals surface area contributed by atoms with Gasteiger partial charge >= 0.3 is 0 Å². The molecule has 0 aliphatic heterocycles. The second-order valence-electron chi connectivity index (χ2n) is 32.2. The van der Waals surface area contributed by atoms with Crippen molar-refractivity contribution in [3.63, 3.8) is 0 Å². The van der Waals surface area contributed by atoms with E-state index in [-0.39, 0.29) is 0 Å². The van der Waals surface area contributed by atoms with Gasteiger partial charge in [0.2, 0.25) is 0 Å². The standard InChI is InChI=1S/2C38H19N3OS.C32H17N3S/c1-5-14-30-22(8-1)25-18-20(16-17-31(25)42-30)21-10-7-11-24-33-36-27(19-26-23-9-2-6-15-32(23)43-37(26)33)34-38(41(36)35(21)24)40-29-13-4-3-12-28(29)39-34;1-5-11-31-22(7-1)25-17-20(14-16-32(25)42-31)21-13-15-24-30(18-21)41-36-27(35-38(41)40-29-10-4-3-9-28(29)39-35)19-26-23-8-2-6-12-33(23)43-37(26)34(24)36;1-2-8-18(9-3-1)19-14-15-21-26(16-19)35-30-23(29-32(35)34-25-12-6-5-11-24(25)33-29)17-22-20-10-4-7-13-27(20)36-31(22)28(21)30/h2*1-19H;1-17H. The Morgan fingerprint density at radius 2 is 0.549 bits per heavy atom. The van der Waals surface area contributed by atoms with Crippen molar-refractivity contribution in [2.24, 2.45) is 0 Å². The first-order valence-electron chi connectivity index (χ1n) is 40.9. The van der Waals surface area contributed by atoms with E-state index in [9.17, 15) is 0 Å². The lowest BCUT2D eigenvalue weighted by Crippen LogP contribution is -1.90. The molecule has 562 valence electrons. The van der Waals surface area contributed by atoms with E-state index in [1.807, 2.05) is 94.7 Å². The van der Waals surface area contributed by atoms with Crippen LogP contribution < -0.4 is 0 Å². The zero-order valence-corrected chi connectivity index (χ0v) is 66.8. The predicted molar refractivity (Wildman–Crippen MR) is 512 cm³/mol. The van der Waals surface area contributed by atoms with Gasteiger partial charge in [0.05, 0.1) is 66.2 Å². The molecule has 0 amide bonds. The average molecular weight is 1610 g/mol. The van der Waals surface area contributed by atoms with Gasteiger partial charge in [-0.05, 0) is 149 Å². The highest BCUT2D eigenvalue weighted by atomic mass is 32.1. The topological polar surface area (TPSA) is 117 Å². The van der Waals surface area contributed by atoms with Crippen molar-refractivity contribution in [2.75, 3.05) is 0 Å². The van der Waals surface area contributed by atoms with Crippen molar-refractivity contribution < 1.29 is 8.83 Å². The Labute approximate surface area is 700 Å². The Bertz CT molecular complexity index is 10000. The summed E-state index contributed by atoms with van der Waals surface area (Å²) < 4.78 is 27.3. The zero-order valence-electron chi connectivity index (χ0n) is 64.3. The van der Waals surface area contributed by atoms with Gasteiger partial charge in [0.1, 0.15) is 38.9 Å². The van der Waals surface area contributed by atoms with Crippen molar-refractivity contribution >= 4 is 287 Å². The number of furan rings is 2. The van der Waals surface area contributed by atoms with Gasteiger partial charge in [0.15, 0.2) is 16.9 Å². The molecule has 0 fully saturated rings. The van der Waals surface area contributed by atoms with Crippen molar-refractivity contribution in [3.05, 3.63) is 334 Å². The summed E-state index contributed by atoms with van der Waals surface area (Å²) in [6.07, 6.45) is 0. The van der Waals surface area contributed by atoms with E-state index in [4.69, 9.17) is 38.7 Å². The number of nitrogens with zero attached hydrogens (tertiary/aromatic N) is 9. The molecule has 122 heavy (non-hydrogen) atoms. The molecule has 11 nitrogen and oxygen atoms in total. The summed E-state index contributed by atoms with van der Waals surface area (Å²) in [4.78, 5) is 31.2. The Morgan fingerprint density at radius 3 is 1.02 bits per heavy atom. The molecule has 0 atom stereocenters. The Morgan fingerprint density at radius 1 is 0.205 bits per heavy atom. The van der Waals surface area contributed by atoms with Crippen molar-refractivity contribution in [2.45, 2.75) is 0 Å². The third-order valence-electron chi connectivity index (χ3n) is 25.7. The lowest BCUT2D eigenvalue weighted by molar-refractivity contribution is 0.668. The molecule has 14 heterocycles. The van der Waals surface area contributed by atoms with Crippen LogP contribution in [-0.4, -0.2) is 43.1 Å². The molecule has 31 rings (SSSR count). The SMILES string of the molecule is c1ccc(-c2ccc3c4c5sc6ccccc6c5cc5c6nc7ccccc7nc6n(c3c2)c54)cc1.c1ccc2nc3c(nc2c1)c1cc2c4ccccc4sc2c2c4ccc(-c5ccc6oc7ccccc7c6c5)cc4n3c12.c1ccc2nc3c(nc2c1)c1cc2c4ccccc4sc2c2c4cccc(-c5ccc6oc7ccccc7c6c5)c4n3c12. The van der Waals surface area contributed by atoms with E-state index in [2.05, 4.69) is 286 Å². The molecular weight excluding hydrogens is 1550 g/mol. The monoisotopic (exact) mass is 1610 g/mol. The van der Waals surface area contributed by atoms with Gasteiger partial charge in [-0.2, -0.15) is 0 Å². The summed E-state index contributed by atoms with van der Waals surface area (Å²) in [7, 11) is 0. The fraction of sp³-hybridized carbons (Fsp3) is 0. The van der Waals surface area contributed by atoms with Crippen molar-refractivity contribution in [1.29, 1.82) is 0 Å². The van der Waals surface area contributed by atoms with Crippen molar-refractivity contribution in [3.8, 4) is 33.4 Å². The quantitative estimate of drug-likeness (QED) is 0.172. The first-order valence-corrected chi connectivity index (χ1v) is 43.4. The summed E-state index contributed by atoms with van der Waals surface area (Å²) in [5.41, 5.74) is 28.9. The third kappa shape index (κ3) is 8.89. The van der Waals surface area contributed by atoms with Crippen LogP contribution in [0.4, 0.5) is 0 Å². The number of hydrogen-bond donors (Lipinski definition) is 0. The third-order valence-corrected chi connectivity index (χ3v) is 29.3. The second kappa shape index (κ2) is 24.1. The summed E-state index contributed by atoms with van der Waals surface area (Å²) in [5, 5.41) is 23.4. The van der Waals surface area contributed by atoms with Gasteiger partial charge < -0.3 is 8.83 Å². The number of hydrogen-bond acceptors (Lipinski definition) is 11. The van der Waals surface area contributed by atoms with Crippen LogP contribution >= 0.6 is 34.0 Å². The molecule has 0 aliphatic rings. The van der Waals surface area contributed by atoms with E-state index in [1.165, 1.54) is 142 Å². The summed E-state index contributed by atoms with van der Waals surface area (Å²) >= 11 is 5.64. The molecule has 14 aromatic heterocycles. The van der Waals surface area contributed by atoms with Gasteiger partial charge in [-0.3, -0.25) is 13.2 Å². The molecule has 0 radical (unpaired) electrons. The van der Waals surface area contributed by atoms with Crippen LogP contribution in [0, 0.1) is 0 Å². The van der Waals surface area contributed by atoms with E-state index < -0.39 is 0 Å². The van der Waals surface area contributed by atoms with E-state index in [1.54, 1.807) is 0 Å². The van der Waals surface area contributed by atoms with Crippen LogP contribution in [0.15, 0.2) is 342 Å². The predicted octanol–water partition coefficient (Wildman–Crippen LogP) is 30.2. The van der Waals surface area contributed by atoms with E-state index in [0.29, 0.717) is 0 Å². The molecule has 0 spiro atoms. The molecule has 31 aromatic rings. The Kier molecular flexibility index (Phi) is 12.9. The Hall–Kier alpha value is -15.6. The first-order chi connectivity index (χ1) is 60.5. The normalized spacial score (nSPS) is 12.6. The maximum atomic E-state index is 6.17. The minimum atomic E-state index is 0.901. The van der Waals surface area contributed by atoms with Crippen LogP contribution in [0.3, 0.4) is 0 Å². The highest BCUT2D eigenvalue weighted by Gasteiger charge is 2.30. The number of para-hydroxylation sites is 9. The van der Waals surface area contributed by atoms with Gasteiger partial charge in [0, 0.05) is 136 Å². The molecule has 0 aliphatic carbocycles. The summed E-state index contributed by atoms with van der Waals surface area (Å²) in [6, 6.07) is 118. The minimum absolute atomic E-state index is 0.901. The van der Waals surface area contributed by atoms with E-state index >= 15 is 0 Å². The zero-order chi connectivity index (χ0) is 79.0. The Balaban J connectivity index is 0.0000000927. The molecule has 0 saturated carbocycles. The van der Waals surface area contributed by atoms with Gasteiger partial charge in [-0.1, -0.05) is 212 Å². The van der Waals surface area contributed by atoms with Gasteiger partial charge in [-0.15, -0.1) is 34.0 Å². The molecule has 0 saturated heterocycles. The number of rotatable bonds is 3. The van der Waals surface area contributed by atoms with Crippen LogP contribution in [0.25, 0.3) is 286 Å². The van der Waals surface area contributed by atoms with Crippen LogP contribution in [0.1, 0.15) is 0 Å². The molecule has 14 heteroatoms. The molecule has 0 N–H and O–H groups in total. The lowest BCUT2D eigenvalue weighted by atomic mass is 9.99. The van der Waals surface area contributed by atoms with Crippen LogP contribution in [-0.2, 0) is 0 Å². The first kappa shape index (κ1) is 65.5. The largest absolute Gasteiger partial charge is 0.456 e. The fourth-order valence-corrected chi connectivity index (χ4v) is 24.1. The number of fused-ring (bicyclic) bond motifs is 39. The second-order valence-corrected chi connectivity index (χ2v) is 35.3. The highest BCUT2D eigenvalue weighted by Crippen LogP contribution is 2.53. The van der Waals surface area contributed by atoms with Gasteiger partial charge in [0.25, 0.3) is 0 Å². The molecule has 0 unspecified atom stereocenters. The minimum Gasteiger partial charge on any atom is -0.456 e. The summed E-state index contributed by atoms with van der Waals surface area (Å²) in [5.74, 6) is 0. The van der Waals surface area contributed by atoms with Gasteiger partial charge in [-0.25, -0.2) is 29.9 Å². The number of thiophene rings is 3. The maximum absolute atomic E-state index is 6.17. The fourth-order valence-electron chi connectivity index (χ4n) is 20.4. The number of aromatic nitrogens is 9. The highest BCUT2D eigenvalue weighted by molar-refractivity contribution is 7.27. The van der Waals surface area contributed by atoms with Crippen LogP contribution in [0.5, 0.6) is 0 Å². The average Bonchev–Trinajstić information content (AvgIpc) is 1.53. The molecular formula is C108H55N9O2S3. The maximum Gasteiger partial charge on any atom is 0.165 e. The molecule has 0 bridgehead atoms. The van der Waals surface area contributed by atoms with E-state index in [0.717, 1.165) is 143 Å². The number of benzene rings is 17. The lowest BCUT2D eigenvalue weighted by Gasteiger charge is -2.07. The van der Waals surface area contributed by atoms with Crippen LogP contribution in [0.2, 0.25) is 0 Å². The molecule has 17 aromatic carbocycles.